The SMILES string of the molecule is O=C(NCc1ccccc1)NC1CCN(C(=O)c2ccoc2)CC1. The van der Waals surface area contributed by atoms with Crippen LogP contribution in [-0.4, -0.2) is 36.0 Å². The average molecular weight is 327 g/mol. The predicted molar refractivity (Wildman–Crippen MR) is 89.4 cm³/mol. The standard InChI is InChI=1S/C18H21N3O3/c22-17(15-8-11-24-13-15)21-9-6-16(7-10-21)20-18(23)19-12-14-4-2-1-3-5-14/h1-5,8,11,13,16H,6-7,9-10,12H2,(H2,19,20,23). The van der Waals surface area contributed by atoms with Gasteiger partial charge in [-0.05, 0) is 24.5 Å². The molecule has 24 heavy (non-hydrogen) atoms. The van der Waals surface area contributed by atoms with Gasteiger partial charge in [0.1, 0.15) is 6.26 Å². The summed E-state index contributed by atoms with van der Waals surface area (Å²) in [6.45, 7) is 1.77. The van der Waals surface area contributed by atoms with Crippen molar-refractivity contribution in [1.82, 2.24) is 15.5 Å². The van der Waals surface area contributed by atoms with E-state index in [2.05, 4.69) is 10.6 Å². The van der Waals surface area contributed by atoms with Crippen LogP contribution in [0.5, 0.6) is 0 Å². The van der Waals surface area contributed by atoms with Crippen molar-refractivity contribution in [3.05, 3.63) is 60.1 Å². The van der Waals surface area contributed by atoms with Crippen molar-refractivity contribution in [2.24, 2.45) is 0 Å². The van der Waals surface area contributed by atoms with Crippen LogP contribution in [0.2, 0.25) is 0 Å². The Labute approximate surface area is 140 Å². The molecule has 1 fully saturated rings. The molecule has 3 rings (SSSR count). The molecule has 2 N–H and O–H groups in total. The molecule has 2 heterocycles. The first-order valence-electron chi connectivity index (χ1n) is 8.12. The number of piperidine rings is 1. The number of carbonyl (C=O) groups is 2. The normalized spacial score (nSPS) is 15.1. The highest BCUT2D eigenvalue weighted by molar-refractivity contribution is 5.93. The molecule has 0 radical (unpaired) electrons. The van der Waals surface area contributed by atoms with Crippen molar-refractivity contribution in [3.8, 4) is 0 Å². The summed E-state index contributed by atoms with van der Waals surface area (Å²) in [6.07, 6.45) is 4.47. The van der Waals surface area contributed by atoms with Gasteiger partial charge in [-0.25, -0.2) is 4.79 Å². The molecule has 1 aromatic carbocycles. The van der Waals surface area contributed by atoms with Crippen molar-refractivity contribution < 1.29 is 14.0 Å². The van der Waals surface area contributed by atoms with Crippen LogP contribution in [0, 0.1) is 0 Å². The molecular weight excluding hydrogens is 306 g/mol. The average Bonchev–Trinajstić information content (AvgIpc) is 3.16. The van der Waals surface area contributed by atoms with E-state index in [0.29, 0.717) is 25.2 Å². The molecule has 1 aliphatic rings. The number of rotatable bonds is 4. The lowest BCUT2D eigenvalue weighted by atomic mass is 10.0. The summed E-state index contributed by atoms with van der Waals surface area (Å²) in [4.78, 5) is 26.0. The zero-order valence-corrected chi connectivity index (χ0v) is 13.4. The third kappa shape index (κ3) is 4.16. The van der Waals surface area contributed by atoms with Crippen LogP contribution < -0.4 is 10.6 Å². The van der Waals surface area contributed by atoms with Crippen LogP contribution in [0.4, 0.5) is 4.79 Å². The zero-order valence-electron chi connectivity index (χ0n) is 13.4. The van der Waals surface area contributed by atoms with Gasteiger partial charge in [0.25, 0.3) is 5.91 Å². The van der Waals surface area contributed by atoms with Crippen LogP contribution >= 0.6 is 0 Å². The third-order valence-electron chi connectivity index (χ3n) is 4.18. The zero-order chi connectivity index (χ0) is 16.8. The number of hydrogen-bond donors (Lipinski definition) is 2. The quantitative estimate of drug-likeness (QED) is 0.905. The summed E-state index contributed by atoms with van der Waals surface area (Å²) < 4.78 is 4.95. The summed E-state index contributed by atoms with van der Waals surface area (Å²) in [5.74, 6) is -0.0178. The van der Waals surface area contributed by atoms with Crippen LogP contribution in [-0.2, 0) is 6.54 Å². The second-order valence-electron chi connectivity index (χ2n) is 5.89. The van der Waals surface area contributed by atoms with E-state index in [4.69, 9.17) is 4.42 Å². The maximum absolute atomic E-state index is 12.2. The van der Waals surface area contributed by atoms with E-state index in [9.17, 15) is 9.59 Å². The fraction of sp³-hybridized carbons (Fsp3) is 0.333. The highest BCUT2D eigenvalue weighted by atomic mass is 16.3. The Balaban J connectivity index is 1.40. The Morgan fingerprint density at radius 3 is 2.54 bits per heavy atom. The molecule has 0 saturated carbocycles. The topological polar surface area (TPSA) is 74.6 Å². The summed E-state index contributed by atoms with van der Waals surface area (Å²) in [5.41, 5.74) is 1.63. The molecular formula is C18H21N3O3. The van der Waals surface area contributed by atoms with Crippen molar-refractivity contribution in [1.29, 1.82) is 0 Å². The number of furan rings is 1. The van der Waals surface area contributed by atoms with E-state index in [-0.39, 0.29) is 18.0 Å². The minimum absolute atomic E-state index is 0.0178. The van der Waals surface area contributed by atoms with Gasteiger partial charge < -0.3 is 20.0 Å². The minimum Gasteiger partial charge on any atom is -0.472 e. The summed E-state index contributed by atoms with van der Waals surface area (Å²) in [5, 5.41) is 5.84. The van der Waals surface area contributed by atoms with Gasteiger partial charge in [-0.15, -0.1) is 0 Å². The number of benzene rings is 1. The molecule has 3 amide bonds. The number of urea groups is 1. The van der Waals surface area contributed by atoms with Crippen molar-refractivity contribution >= 4 is 11.9 Å². The first kappa shape index (κ1) is 16.1. The molecule has 1 saturated heterocycles. The highest BCUT2D eigenvalue weighted by Gasteiger charge is 2.24. The fourth-order valence-corrected chi connectivity index (χ4v) is 2.81. The van der Waals surface area contributed by atoms with E-state index in [1.807, 2.05) is 30.3 Å². The largest absolute Gasteiger partial charge is 0.472 e. The lowest BCUT2D eigenvalue weighted by Gasteiger charge is -2.32. The molecule has 0 aliphatic carbocycles. The molecule has 6 heteroatoms. The molecule has 0 spiro atoms. The number of nitrogens with one attached hydrogen (secondary N) is 2. The van der Waals surface area contributed by atoms with Gasteiger partial charge in [-0.2, -0.15) is 0 Å². The Morgan fingerprint density at radius 2 is 1.88 bits per heavy atom. The monoisotopic (exact) mass is 327 g/mol. The van der Waals surface area contributed by atoms with Crippen molar-refractivity contribution in [2.75, 3.05) is 13.1 Å². The van der Waals surface area contributed by atoms with Gasteiger partial charge in [0.2, 0.25) is 0 Å². The van der Waals surface area contributed by atoms with Gasteiger partial charge in [-0.3, -0.25) is 4.79 Å². The van der Waals surface area contributed by atoms with Gasteiger partial charge >= 0.3 is 6.03 Å². The summed E-state index contributed by atoms with van der Waals surface area (Å²) in [6, 6.07) is 11.4. The van der Waals surface area contributed by atoms with Crippen molar-refractivity contribution in [3.63, 3.8) is 0 Å². The molecule has 0 atom stereocenters. The predicted octanol–water partition coefficient (Wildman–Crippen LogP) is 2.38. The van der Waals surface area contributed by atoms with Crippen LogP contribution in [0.1, 0.15) is 28.8 Å². The van der Waals surface area contributed by atoms with Gasteiger partial charge in [0, 0.05) is 25.7 Å². The Morgan fingerprint density at radius 1 is 1.12 bits per heavy atom. The number of likely N-dealkylation sites (tertiary alicyclic amines) is 1. The van der Waals surface area contributed by atoms with E-state index in [0.717, 1.165) is 18.4 Å². The second-order valence-corrected chi connectivity index (χ2v) is 5.89. The molecule has 0 unspecified atom stereocenters. The number of nitrogens with zero attached hydrogens (tertiary/aromatic N) is 1. The Kier molecular flexibility index (Phi) is 5.15. The van der Waals surface area contributed by atoms with E-state index in [1.54, 1.807) is 11.0 Å². The van der Waals surface area contributed by atoms with Gasteiger partial charge in [-0.1, -0.05) is 30.3 Å². The summed E-state index contributed by atoms with van der Waals surface area (Å²) >= 11 is 0. The van der Waals surface area contributed by atoms with Gasteiger partial charge in [0.15, 0.2) is 0 Å². The molecule has 1 aliphatic heterocycles. The van der Waals surface area contributed by atoms with Crippen molar-refractivity contribution in [2.45, 2.75) is 25.4 Å². The first-order chi connectivity index (χ1) is 11.7. The number of amides is 3. The smallest absolute Gasteiger partial charge is 0.315 e. The van der Waals surface area contributed by atoms with Crippen LogP contribution in [0.25, 0.3) is 0 Å². The molecule has 0 bridgehead atoms. The maximum atomic E-state index is 12.2. The molecule has 2 aromatic rings. The lowest BCUT2D eigenvalue weighted by Crippen LogP contribution is -2.49. The van der Waals surface area contributed by atoms with E-state index >= 15 is 0 Å². The fourth-order valence-electron chi connectivity index (χ4n) is 2.81. The van der Waals surface area contributed by atoms with Crippen LogP contribution in [0.3, 0.4) is 0 Å². The Hall–Kier alpha value is -2.76. The molecule has 126 valence electrons. The molecule has 6 nitrogen and oxygen atoms in total. The third-order valence-corrected chi connectivity index (χ3v) is 4.18. The lowest BCUT2D eigenvalue weighted by molar-refractivity contribution is 0.0707. The van der Waals surface area contributed by atoms with Gasteiger partial charge in [0.05, 0.1) is 11.8 Å². The first-order valence-corrected chi connectivity index (χ1v) is 8.12. The second kappa shape index (κ2) is 7.68. The molecule has 1 aromatic heterocycles. The van der Waals surface area contributed by atoms with Crippen LogP contribution in [0.15, 0.2) is 53.3 Å². The maximum Gasteiger partial charge on any atom is 0.315 e. The highest BCUT2D eigenvalue weighted by Crippen LogP contribution is 2.14. The summed E-state index contributed by atoms with van der Waals surface area (Å²) in [7, 11) is 0. The number of hydrogen-bond acceptors (Lipinski definition) is 3. The van der Waals surface area contributed by atoms with E-state index < -0.39 is 0 Å². The number of carbonyl (C=O) groups excluding carboxylic acids is 2. The Bertz CT molecular complexity index is 662. The van der Waals surface area contributed by atoms with E-state index in [1.165, 1.54) is 12.5 Å². The minimum atomic E-state index is -0.168.